The van der Waals surface area contributed by atoms with Crippen molar-refractivity contribution in [1.82, 2.24) is 0 Å². The van der Waals surface area contributed by atoms with Crippen molar-refractivity contribution in [2.24, 2.45) is 0 Å². The molecule has 14 N–H and O–H groups in total. The van der Waals surface area contributed by atoms with Crippen LogP contribution in [0, 0.1) is 0 Å². The first-order chi connectivity index (χ1) is 22.0. The molecule has 0 saturated carbocycles. The molecule has 0 aromatic rings. The van der Waals surface area contributed by atoms with Crippen LogP contribution in [0.5, 0.6) is 0 Å². The zero-order chi connectivity index (χ0) is 35.1. The molecule has 4 heterocycles. The van der Waals surface area contributed by atoms with Gasteiger partial charge in [0.1, 0.15) is 98.7 Å². The molecule has 0 aromatic carbocycles. The van der Waals surface area contributed by atoms with Crippen LogP contribution in [0.4, 0.5) is 0 Å². The number of esters is 2. The number of hydrogen-bond donors (Lipinski definition) is 14. The molecular formula is C24H38O23. The third kappa shape index (κ3) is 7.83. The Morgan fingerprint density at radius 2 is 0.723 bits per heavy atom. The van der Waals surface area contributed by atoms with Gasteiger partial charge in [0, 0.05) is 0 Å². The number of carbonyl (C=O) groups is 2. The second-order valence-corrected chi connectivity index (χ2v) is 11.3. The van der Waals surface area contributed by atoms with Crippen LogP contribution >= 0.6 is 0 Å². The van der Waals surface area contributed by atoms with Gasteiger partial charge in [-0.15, -0.1) is 0 Å². The van der Waals surface area contributed by atoms with E-state index in [0.29, 0.717) is 0 Å². The summed E-state index contributed by atoms with van der Waals surface area (Å²) >= 11 is 0. The van der Waals surface area contributed by atoms with Crippen molar-refractivity contribution in [3.05, 3.63) is 0 Å². The molecule has 0 bridgehead atoms. The van der Waals surface area contributed by atoms with Crippen molar-refractivity contribution in [2.45, 2.75) is 123 Å². The Bertz CT molecular complexity index is 986. The Hall–Kier alpha value is -1.82. The van der Waals surface area contributed by atoms with E-state index in [4.69, 9.17) is 33.2 Å². The quantitative estimate of drug-likeness (QED) is 0.105. The fourth-order valence-electron chi connectivity index (χ4n) is 5.07. The Morgan fingerprint density at radius 3 is 1.06 bits per heavy atom. The summed E-state index contributed by atoms with van der Waals surface area (Å²) in [5.74, 6) is -2.83. The summed E-state index contributed by atoms with van der Waals surface area (Å²) in [7, 11) is 0. The molecule has 4 saturated heterocycles. The highest BCUT2D eigenvalue weighted by Gasteiger charge is 2.52. The van der Waals surface area contributed by atoms with Crippen molar-refractivity contribution in [3.63, 3.8) is 0 Å². The molecule has 4 fully saturated rings. The van der Waals surface area contributed by atoms with Gasteiger partial charge < -0.3 is 105 Å². The molecule has 4 aliphatic rings. The molecular weight excluding hydrogens is 656 g/mol. The highest BCUT2D eigenvalue weighted by atomic mass is 16.8. The van der Waals surface area contributed by atoms with Gasteiger partial charge in [-0.05, 0) is 0 Å². The lowest BCUT2D eigenvalue weighted by atomic mass is 9.97. The largest absolute Gasteiger partial charge is 0.461 e. The van der Waals surface area contributed by atoms with E-state index in [9.17, 15) is 81.1 Å². The summed E-state index contributed by atoms with van der Waals surface area (Å²) in [6, 6.07) is 0. The summed E-state index contributed by atoms with van der Waals surface area (Å²) < 4.78 is 35.2. The number of aliphatic hydroxyl groups is 14. The highest BCUT2D eigenvalue weighted by molar-refractivity contribution is 5.76. The monoisotopic (exact) mass is 694 g/mol. The van der Waals surface area contributed by atoms with Gasteiger partial charge >= 0.3 is 11.9 Å². The SMILES string of the molecule is O=C(OCC1O[C@@H](O[C@@H]2OC(COC(=O)C3O[C@@H](O)C(O)[C@H](O)[C@@H]3O)[C@@H](O)C(O)C2O)C(O)[C@H](O)[C@@H]1O)C1O[C@H](O)[C@H](O)C(O)[C@H]1O. The van der Waals surface area contributed by atoms with E-state index in [-0.39, 0.29) is 0 Å². The van der Waals surface area contributed by atoms with Gasteiger partial charge in [-0.1, -0.05) is 0 Å². The maximum absolute atomic E-state index is 12.4. The predicted molar refractivity (Wildman–Crippen MR) is 134 cm³/mol. The molecule has 47 heavy (non-hydrogen) atoms. The second-order valence-electron chi connectivity index (χ2n) is 11.3. The highest BCUT2D eigenvalue weighted by Crippen LogP contribution is 2.29. The Kier molecular flexibility index (Phi) is 12.4. The van der Waals surface area contributed by atoms with Crippen LogP contribution in [-0.4, -0.2) is 219 Å². The number of carbonyl (C=O) groups excluding carboxylic acids is 2. The minimum atomic E-state index is -2.08. The first kappa shape index (κ1) is 38.0. The van der Waals surface area contributed by atoms with Crippen LogP contribution in [0.15, 0.2) is 0 Å². The van der Waals surface area contributed by atoms with Crippen LogP contribution in [0.2, 0.25) is 0 Å². The molecule has 272 valence electrons. The minimum Gasteiger partial charge on any atom is -0.461 e. The van der Waals surface area contributed by atoms with E-state index >= 15 is 0 Å². The molecule has 20 atom stereocenters. The van der Waals surface area contributed by atoms with Crippen molar-refractivity contribution < 1.29 is 114 Å². The molecule has 9 unspecified atom stereocenters. The average Bonchev–Trinajstić information content (AvgIpc) is 3.04. The lowest BCUT2D eigenvalue weighted by Gasteiger charge is -2.45. The topological polar surface area (TPSA) is 382 Å². The molecule has 0 radical (unpaired) electrons. The van der Waals surface area contributed by atoms with Crippen molar-refractivity contribution in [3.8, 4) is 0 Å². The van der Waals surface area contributed by atoms with Gasteiger partial charge in [0.05, 0.1) is 0 Å². The maximum atomic E-state index is 12.4. The fraction of sp³-hybridized carbons (Fsp3) is 0.917. The van der Waals surface area contributed by atoms with Gasteiger partial charge in [-0.25, -0.2) is 9.59 Å². The van der Waals surface area contributed by atoms with E-state index < -0.39 is 148 Å². The van der Waals surface area contributed by atoms with Gasteiger partial charge in [0.2, 0.25) is 0 Å². The molecule has 4 aliphatic heterocycles. The molecule has 0 aliphatic carbocycles. The average molecular weight is 695 g/mol. The van der Waals surface area contributed by atoms with Crippen molar-refractivity contribution >= 4 is 11.9 Å². The van der Waals surface area contributed by atoms with Gasteiger partial charge in [-0.2, -0.15) is 0 Å². The van der Waals surface area contributed by atoms with Gasteiger partial charge in [0.25, 0.3) is 0 Å². The Labute approximate surface area is 262 Å². The van der Waals surface area contributed by atoms with Gasteiger partial charge in [0.15, 0.2) is 37.4 Å². The van der Waals surface area contributed by atoms with E-state index in [0.717, 1.165) is 0 Å². The Balaban J connectivity index is 1.36. The van der Waals surface area contributed by atoms with E-state index in [2.05, 4.69) is 0 Å². The van der Waals surface area contributed by atoms with E-state index in [1.165, 1.54) is 0 Å². The number of aliphatic hydroxyl groups excluding tert-OH is 14. The summed E-state index contributed by atoms with van der Waals surface area (Å²) in [5, 5.41) is 140. The van der Waals surface area contributed by atoms with Crippen LogP contribution < -0.4 is 0 Å². The summed E-state index contributed by atoms with van der Waals surface area (Å²) in [4.78, 5) is 24.9. The minimum absolute atomic E-state index is 0.936. The maximum Gasteiger partial charge on any atom is 0.338 e. The third-order valence-corrected chi connectivity index (χ3v) is 8.03. The van der Waals surface area contributed by atoms with Crippen LogP contribution in [0.1, 0.15) is 0 Å². The van der Waals surface area contributed by atoms with E-state index in [1.807, 2.05) is 0 Å². The van der Waals surface area contributed by atoms with Crippen LogP contribution in [0.25, 0.3) is 0 Å². The number of rotatable bonds is 8. The van der Waals surface area contributed by atoms with Gasteiger partial charge in [-0.3, -0.25) is 0 Å². The van der Waals surface area contributed by atoms with Crippen molar-refractivity contribution in [2.75, 3.05) is 13.2 Å². The normalized spacial score (nSPS) is 50.9. The molecule has 4 rings (SSSR count). The molecule has 23 nitrogen and oxygen atoms in total. The lowest BCUT2D eigenvalue weighted by Crippen LogP contribution is -2.64. The van der Waals surface area contributed by atoms with Crippen LogP contribution in [-0.2, 0) is 42.7 Å². The smallest absolute Gasteiger partial charge is 0.338 e. The second kappa shape index (κ2) is 15.4. The summed E-state index contributed by atoms with van der Waals surface area (Å²) in [5.41, 5.74) is 0. The lowest BCUT2D eigenvalue weighted by molar-refractivity contribution is -0.376. The predicted octanol–water partition coefficient (Wildman–Crippen LogP) is -10.7. The first-order valence-electron chi connectivity index (χ1n) is 14.1. The summed E-state index contributed by atoms with van der Waals surface area (Å²) in [6.07, 6.45) is -39.8. The van der Waals surface area contributed by atoms with E-state index in [1.54, 1.807) is 0 Å². The number of ether oxygens (including phenoxy) is 7. The standard InChI is InChI=1S/C24H38O23/c25-5-3(1-41-21(39)17-11(31)9(29)13(33)19(37)45-17)43-23(15(35)7(5)27)47-24-16(36)8(28)6(26)4(44-24)2-42-22(40)18-12(32)10(30)14(34)20(38)46-18/h3-20,23-38H,1-2H2/t3?,4?,5-,6-,7-,8?,9?,10-,11-,12+,13-,14?,15?,16?,17?,18?,19+,20-,23+,24+/m1/s1. The first-order valence-corrected chi connectivity index (χ1v) is 14.1. The molecule has 0 aromatic heterocycles. The van der Waals surface area contributed by atoms with Crippen LogP contribution in [0.3, 0.4) is 0 Å². The summed E-state index contributed by atoms with van der Waals surface area (Å²) in [6.45, 7) is -1.87. The van der Waals surface area contributed by atoms with Crippen molar-refractivity contribution in [1.29, 1.82) is 0 Å². The fourth-order valence-corrected chi connectivity index (χ4v) is 5.07. The molecule has 23 heteroatoms. The molecule has 0 amide bonds. The molecule has 0 spiro atoms. The zero-order valence-corrected chi connectivity index (χ0v) is 23.9. The Morgan fingerprint density at radius 1 is 0.404 bits per heavy atom. The third-order valence-electron chi connectivity index (χ3n) is 8.03. The zero-order valence-electron chi connectivity index (χ0n) is 23.9. The number of hydrogen-bond acceptors (Lipinski definition) is 23.